The Hall–Kier alpha value is -5.52. The van der Waals surface area contributed by atoms with Crippen molar-refractivity contribution in [2.24, 2.45) is 0 Å². The number of fused-ring (bicyclic) bond motifs is 6. The van der Waals surface area contributed by atoms with Gasteiger partial charge in [0, 0.05) is 52.6 Å². The molecule has 0 amide bonds. The van der Waals surface area contributed by atoms with E-state index in [2.05, 4.69) is 0 Å². The number of carboxylic acid groups (broad SMARTS) is 3. The van der Waals surface area contributed by atoms with Crippen molar-refractivity contribution in [1.29, 1.82) is 0 Å². The van der Waals surface area contributed by atoms with E-state index in [0.29, 0.717) is 55.8 Å². The fourth-order valence-electron chi connectivity index (χ4n) is 7.67. The molecular weight excluding hydrogens is 865 g/mol. The maximum Gasteiger partial charge on any atom is 3.00 e. The van der Waals surface area contributed by atoms with Crippen molar-refractivity contribution < 1.29 is 84.8 Å². The number of rotatable bonds is 6. The van der Waals surface area contributed by atoms with E-state index >= 15 is 0 Å². The summed E-state index contributed by atoms with van der Waals surface area (Å²) in [5.74, 6) is 0.862. The fraction of sp³-hybridized carbons (Fsp3) is 0.188. The summed E-state index contributed by atoms with van der Waals surface area (Å²) in [7, 11) is 0. The molecule has 3 aliphatic heterocycles. The smallest absolute Gasteiger partial charge is 0.545 e. The van der Waals surface area contributed by atoms with Gasteiger partial charge in [-0.15, -0.1) is 0 Å². The van der Waals surface area contributed by atoms with E-state index in [-0.39, 0.29) is 57.5 Å². The second kappa shape index (κ2) is 18.4. The van der Waals surface area contributed by atoms with Crippen molar-refractivity contribution in [3.8, 4) is 34.5 Å². The van der Waals surface area contributed by atoms with Crippen LogP contribution in [0, 0.1) is 40.8 Å². The predicted octanol–water partition coefficient (Wildman–Crippen LogP) is 6.93. The number of aryl methyl sites for hydroxylation is 3. The van der Waals surface area contributed by atoms with Gasteiger partial charge in [-0.05, 0) is 89.0 Å². The van der Waals surface area contributed by atoms with Crippen LogP contribution < -0.4 is 29.5 Å². The van der Waals surface area contributed by atoms with Crippen molar-refractivity contribution >= 4 is 17.9 Å². The van der Waals surface area contributed by atoms with Crippen molar-refractivity contribution in [2.75, 3.05) is 0 Å². The van der Waals surface area contributed by atoms with Crippen molar-refractivity contribution in [1.82, 2.24) is 0 Å². The van der Waals surface area contributed by atoms with Gasteiger partial charge in [-0.3, -0.25) is 0 Å². The Balaban J connectivity index is 0.000000145. The van der Waals surface area contributed by atoms with E-state index in [4.69, 9.17) is 14.2 Å². The summed E-state index contributed by atoms with van der Waals surface area (Å²) in [6.45, 7) is 5.81. The molecule has 0 bridgehead atoms. The largest absolute Gasteiger partial charge is 3.00 e. The summed E-state index contributed by atoms with van der Waals surface area (Å²) < 4.78 is 17.3. The Morgan fingerprint density at radius 2 is 0.672 bits per heavy atom. The van der Waals surface area contributed by atoms with Gasteiger partial charge < -0.3 is 43.9 Å². The number of ether oxygens (including phenoxy) is 3. The van der Waals surface area contributed by atoms with Gasteiger partial charge in [0.25, 0.3) is 0 Å². The Bertz CT molecular complexity index is 2260. The molecule has 3 heterocycles. The fourth-order valence-corrected chi connectivity index (χ4v) is 7.67. The monoisotopic (exact) mass is 901 g/mol. The summed E-state index contributed by atoms with van der Waals surface area (Å²) >= 11 is 0. The first kappa shape index (κ1) is 42.1. The molecule has 0 saturated heterocycles. The molecule has 9 nitrogen and oxygen atoms in total. The molecule has 9 rings (SSSR count). The molecule has 6 aromatic carbocycles. The molecule has 3 aliphatic rings. The Kier molecular flexibility index (Phi) is 13.3. The van der Waals surface area contributed by atoms with Crippen LogP contribution in [0.15, 0.2) is 109 Å². The third-order valence-electron chi connectivity index (χ3n) is 10.5. The molecular formula is C48H39NdO9. The van der Waals surface area contributed by atoms with Crippen LogP contribution in [0.4, 0.5) is 0 Å². The zero-order valence-electron chi connectivity index (χ0n) is 32.3. The molecule has 0 fully saturated rings. The zero-order chi connectivity index (χ0) is 40.2. The van der Waals surface area contributed by atoms with Crippen LogP contribution in [0.3, 0.4) is 0 Å². The zero-order valence-corrected chi connectivity index (χ0v) is 35.5. The normalized spacial score (nSPS) is 12.1. The van der Waals surface area contributed by atoms with E-state index < -0.39 is 17.9 Å². The third kappa shape index (κ3) is 8.51. The molecule has 58 heavy (non-hydrogen) atoms. The average molecular weight is 904 g/mol. The minimum absolute atomic E-state index is 0. The van der Waals surface area contributed by atoms with Crippen LogP contribution in [-0.2, 0) is 38.5 Å². The van der Waals surface area contributed by atoms with E-state index in [9.17, 15) is 29.7 Å². The minimum Gasteiger partial charge on any atom is -0.545 e. The van der Waals surface area contributed by atoms with E-state index in [1.54, 1.807) is 18.2 Å². The molecule has 1 radical (unpaired) electrons. The van der Waals surface area contributed by atoms with Gasteiger partial charge >= 0.3 is 40.8 Å². The number of benzene rings is 6. The summed E-state index contributed by atoms with van der Waals surface area (Å²) in [5.41, 5.74) is 8.42. The van der Waals surface area contributed by atoms with Crippen molar-refractivity contribution in [3.05, 3.63) is 176 Å². The van der Waals surface area contributed by atoms with Crippen molar-refractivity contribution in [2.45, 2.75) is 59.3 Å². The number of para-hydroxylation sites is 3. The summed E-state index contributed by atoms with van der Waals surface area (Å²) in [4.78, 5) is 34.2. The van der Waals surface area contributed by atoms with Gasteiger partial charge in [0.2, 0.25) is 0 Å². The van der Waals surface area contributed by atoms with Crippen LogP contribution in [0.5, 0.6) is 34.5 Å². The van der Waals surface area contributed by atoms with Gasteiger partial charge in [0.05, 0.1) is 17.9 Å². The first-order chi connectivity index (χ1) is 27.6. The molecule has 10 heteroatoms. The molecule has 0 unspecified atom stereocenters. The van der Waals surface area contributed by atoms with Gasteiger partial charge in [0.1, 0.15) is 34.5 Å². The Labute approximate surface area is 369 Å². The SMILES string of the molecule is CCc1ccc2c(c1C(=O)[O-])Cc1ccccc1O2.CCc1ccc2c(c1C(=O)[O-])Cc1ccccc1O2.CCc1ccc2c(c1C(=O)[O-])Cc1ccccc1O2.[Nd+3]. The molecule has 289 valence electrons. The first-order valence-electron chi connectivity index (χ1n) is 19.0. The van der Waals surface area contributed by atoms with Gasteiger partial charge in [-0.2, -0.15) is 0 Å². The number of aromatic carboxylic acids is 3. The molecule has 0 saturated carbocycles. The number of carbonyl (C=O) groups excluding carboxylic acids is 3. The van der Waals surface area contributed by atoms with E-state index in [1.165, 1.54) is 0 Å². The number of carboxylic acids is 3. The number of carbonyl (C=O) groups is 3. The summed E-state index contributed by atoms with van der Waals surface area (Å²) in [5, 5.41) is 34.2. The van der Waals surface area contributed by atoms with Crippen LogP contribution in [0.1, 0.15) is 102 Å². The molecule has 0 N–H and O–H groups in total. The summed E-state index contributed by atoms with van der Waals surface area (Å²) in [6.07, 6.45) is 3.71. The first-order valence-corrected chi connectivity index (χ1v) is 19.0. The molecule has 0 spiro atoms. The summed E-state index contributed by atoms with van der Waals surface area (Å²) in [6, 6.07) is 34.0. The molecule has 0 aliphatic carbocycles. The number of hydrogen-bond acceptors (Lipinski definition) is 9. The molecule has 0 atom stereocenters. The Morgan fingerprint density at radius 1 is 0.414 bits per heavy atom. The molecule has 0 aromatic heterocycles. The predicted molar refractivity (Wildman–Crippen MR) is 208 cm³/mol. The third-order valence-corrected chi connectivity index (χ3v) is 10.5. The quantitative estimate of drug-likeness (QED) is 0.173. The second-order valence-electron chi connectivity index (χ2n) is 13.8. The maximum atomic E-state index is 11.4. The van der Waals surface area contributed by atoms with Gasteiger partial charge in [0.15, 0.2) is 0 Å². The average Bonchev–Trinajstić information content (AvgIpc) is 3.23. The van der Waals surface area contributed by atoms with Crippen molar-refractivity contribution in [3.63, 3.8) is 0 Å². The topological polar surface area (TPSA) is 148 Å². The van der Waals surface area contributed by atoms with Crippen LogP contribution in [0.2, 0.25) is 0 Å². The van der Waals surface area contributed by atoms with Gasteiger partial charge in [-0.25, -0.2) is 0 Å². The van der Waals surface area contributed by atoms with Crippen LogP contribution in [-0.4, -0.2) is 17.9 Å². The van der Waals surface area contributed by atoms with E-state index in [1.807, 2.05) is 112 Å². The van der Waals surface area contributed by atoms with E-state index in [0.717, 1.165) is 67.3 Å². The minimum atomic E-state index is -1.13. The number of hydrogen-bond donors (Lipinski definition) is 0. The molecule has 6 aromatic rings. The second-order valence-corrected chi connectivity index (χ2v) is 13.8. The Morgan fingerprint density at radius 3 is 0.914 bits per heavy atom. The standard InChI is InChI=1S/3C16H14O3.Nd/c3*1-2-10-7-8-14-12(15(10)16(17)18)9-11-5-3-4-6-13(11)19-14;/h3*3-8H,2,9H2,1H3,(H,17,18);/q;;;+3/p-3. The van der Waals surface area contributed by atoms with Crippen LogP contribution in [0.25, 0.3) is 0 Å². The van der Waals surface area contributed by atoms with Gasteiger partial charge in [-0.1, -0.05) is 93.6 Å². The maximum absolute atomic E-state index is 11.4. The van der Waals surface area contributed by atoms with Crippen LogP contribution >= 0.6 is 0 Å².